The van der Waals surface area contributed by atoms with Crippen molar-refractivity contribution >= 4 is 16.8 Å². The van der Waals surface area contributed by atoms with Crippen LogP contribution in [0.2, 0.25) is 0 Å². The second-order valence-corrected chi connectivity index (χ2v) is 5.96. The highest BCUT2D eigenvalue weighted by Crippen LogP contribution is 2.24. The fraction of sp³-hybridized carbons (Fsp3) is 0.250. The Morgan fingerprint density at radius 1 is 1.04 bits per heavy atom. The van der Waals surface area contributed by atoms with Crippen LogP contribution in [0.25, 0.3) is 10.9 Å². The average molecular weight is 306 g/mol. The molecule has 0 aliphatic rings. The molecule has 0 radical (unpaired) electrons. The van der Waals surface area contributed by atoms with Crippen LogP contribution in [0, 0.1) is 13.8 Å². The number of para-hydroxylation sites is 1. The standard InChI is InChI=1S/C20H22N2O/c1-14-8-4-5-9-16(14)20(23)21-13-12-17-15(2)22(3)19-11-7-6-10-18(17)19/h4-11H,12-13H2,1-3H3,(H,21,23). The predicted octanol–water partition coefficient (Wildman–Crippen LogP) is 3.77. The number of hydrogen-bond donors (Lipinski definition) is 1. The number of benzene rings is 2. The van der Waals surface area contributed by atoms with Crippen LogP contribution in [-0.2, 0) is 13.5 Å². The van der Waals surface area contributed by atoms with Crippen LogP contribution < -0.4 is 5.32 Å². The minimum Gasteiger partial charge on any atom is -0.352 e. The van der Waals surface area contributed by atoms with E-state index in [2.05, 4.69) is 48.1 Å². The molecular weight excluding hydrogens is 284 g/mol. The Morgan fingerprint density at radius 2 is 1.74 bits per heavy atom. The number of aromatic nitrogens is 1. The van der Waals surface area contributed by atoms with Crippen molar-refractivity contribution in [2.45, 2.75) is 20.3 Å². The maximum Gasteiger partial charge on any atom is 0.251 e. The van der Waals surface area contributed by atoms with Gasteiger partial charge < -0.3 is 9.88 Å². The second-order valence-electron chi connectivity index (χ2n) is 5.96. The Balaban J connectivity index is 1.74. The number of carbonyl (C=O) groups is 1. The number of aryl methyl sites for hydroxylation is 2. The Morgan fingerprint density at radius 3 is 2.52 bits per heavy atom. The van der Waals surface area contributed by atoms with Crippen molar-refractivity contribution in [3.8, 4) is 0 Å². The summed E-state index contributed by atoms with van der Waals surface area (Å²) in [6.07, 6.45) is 0.838. The molecule has 0 aliphatic heterocycles. The van der Waals surface area contributed by atoms with Gasteiger partial charge in [0.25, 0.3) is 5.91 Å². The molecule has 1 heterocycles. The number of nitrogens with zero attached hydrogens (tertiary/aromatic N) is 1. The fourth-order valence-electron chi connectivity index (χ4n) is 3.14. The van der Waals surface area contributed by atoms with Crippen molar-refractivity contribution in [1.29, 1.82) is 0 Å². The molecule has 3 nitrogen and oxygen atoms in total. The number of carbonyl (C=O) groups excluding carboxylic acids is 1. The first kappa shape index (κ1) is 15.3. The third kappa shape index (κ3) is 2.87. The van der Waals surface area contributed by atoms with E-state index in [-0.39, 0.29) is 5.91 Å². The molecule has 118 valence electrons. The zero-order valence-corrected chi connectivity index (χ0v) is 13.9. The minimum atomic E-state index is 0.000916. The van der Waals surface area contributed by atoms with Crippen molar-refractivity contribution in [1.82, 2.24) is 9.88 Å². The Hall–Kier alpha value is -2.55. The van der Waals surface area contributed by atoms with Gasteiger partial charge in [0.15, 0.2) is 0 Å². The van der Waals surface area contributed by atoms with Crippen LogP contribution >= 0.6 is 0 Å². The number of rotatable bonds is 4. The average Bonchev–Trinajstić information content (AvgIpc) is 2.80. The van der Waals surface area contributed by atoms with Gasteiger partial charge in [-0.3, -0.25) is 4.79 Å². The molecule has 0 saturated carbocycles. The molecular formula is C20H22N2O. The van der Waals surface area contributed by atoms with E-state index in [1.807, 2.05) is 31.2 Å². The number of hydrogen-bond acceptors (Lipinski definition) is 1. The maximum absolute atomic E-state index is 12.3. The SMILES string of the molecule is Cc1ccccc1C(=O)NCCc1c(C)n(C)c2ccccc12. The van der Waals surface area contributed by atoms with Gasteiger partial charge in [-0.2, -0.15) is 0 Å². The number of amides is 1. The normalized spacial score (nSPS) is 10.9. The molecule has 0 fully saturated rings. The highest BCUT2D eigenvalue weighted by Gasteiger charge is 2.12. The molecule has 0 spiro atoms. The van der Waals surface area contributed by atoms with E-state index in [1.165, 1.54) is 22.2 Å². The molecule has 0 unspecified atom stereocenters. The Bertz CT molecular complexity index is 861. The minimum absolute atomic E-state index is 0.000916. The van der Waals surface area contributed by atoms with Gasteiger partial charge in [0, 0.05) is 35.8 Å². The molecule has 1 amide bonds. The third-order valence-electron chi connectivity index (χ3n) is 4.58. The van der Waals surface area contributed by atoms with Gasteiger partial charge in [-0.15, -0.1) is 0 Å². The lowest BCUT2D eigenvalue weighted by atomic mass is 10.1. The summed E-state index contributed by atoms with van der Waals surface area (Å²) in [7, 11) is 2.09. The highest BCUT2D eigenvalue weighted by atomic mass is 16.1. The third-order valence-corrected chi connectivity index (χ3v) is 4.58. The molecule has 3 aromatic rings. The lowest BCUT2D eigenvalue weighted by molar-refractivity contribution is 0.0953. The summed E-state index contributed by atoms with van der Waals surface area (Å²) in [5.41, 5.74) is 5.57. The smallest absolute Gasteiger partial charge is 0.251 e. The van der Waals surface area contributed by atoms with Gasteiger partial charge in [0.05, 0.1) is 0 Å². The van der Waals surface area contributed by atoms with Crippen LogP contribution in [-0.4, -0.2) is 17.0 Å². The van der Waals surface area contributed by atoms with Crippen LogP contribution in [0.4, 0.5) is 0 Å². The Kier molecular flexibility index (Phi) is 4.20. The predicted molar refractivity (Wildman–Crippen MR) is 94.9 cm³/mol. The Labute approximate surface area is 136 Å². The van der Waals surface area contributed by atoms with E-state index >= 15 is 0 Å². The van der Waals surface area contributed by atoms with Crippen LogP contribution in [0.1, 0.15) is 27.2 Å². The summed E-state index contributed by atoms with van der Waals surface area (Å²) in [6, 6.07) is 16.1. The van der Waals surface area contributed by atoms with E-state index in [0.717, 1.165) is 17.5 Å². The number of fused-ring (bicyclic) bond motifs is 1. The van der Waals surface area contributed by atoms with E-state index in [4.69, 9.17) is 0 Å². The fourth-order valence-corrected chi connectivity index (χ4v) is 3.14. The molecule has 1 N–H and O–H groups in total. The van der Waals surface area contributed by atoms with Gasteiger partial charge in [0.2, 0.25) is 0 Å². The van der Waals surface area contributed by atoms with E-state index < -0.39 is 0 Å². The monoisotopic (exact) mass is 306 g/mol. The molecule has 3 rings (SSSR count). The molecule has 0 aliphatic carbocycles. The largest absolute Gasteiger partial charge is 0.352 e. The van der Waals surface area contributed by atoms with Crippen LogP contribution in [0.15, 0.2) is 48.5 Å². The lowest BCUT2D eigenvalue weighted by Crippen LogP contribution is -2.26. The molecule has 2 aromatic carbocycles. The van der Waals surface area contributed by atoms with Crippen LogP contribution in [0.3, 0.4) is 0 Å². The zero-order chi connectivity index (χ0) is 16.4. The van der Waals surface area contributed by atoms with Crippen molar-refractivity contribution in [2.24, 2.45) is 7.05 Å². The summed E-state index contributed by atoms with van der Waals surface area (Å²) >= 11 is 0. The van der Waals surface area contributed by atoms with E-state index in [9.17, 15) is 4.79 Å². The van der Waals surface area contributed by atoms with Crippen molar-refractivity contribution < 1.29 is 4.79 Å². The van der Waals surface area contributed by atoms with Crippen molar-refractivity contribution in [3.63, 3.8) is 0 Å². The zero-order valence-electron chi connectivity index (χ0n) is 13.9. The van der Waals surface area contributed by atoms with Gasteiger partial charge in [-0.05, 0) is 43.5 Å². The van der Waals surface area contributed by atoms with E-state index in [0.29, 0.717) is 6.54 Å². The molecule has 1 aromatic heterocycles. The molecule has 23 heavy (non-hydrogen) atoms. The number of nitrogens with one attached hydrogen (secondary N) is 1. The summed E-state index contributed by atoms with van der Waals surface area (Å²) in [6.45, 7) is 4.74. The summed E-state index contributed by atoms with van der Waals surface area (Å²) < 4.78 is 2.22. The molecule has 3 heteroatoms. The van der Waals surface area contributed by atoms with Gasteiger partial charge >= 0.3 is 0 Å². The molecule has 0 bridgehead atoms. The summed E-state index contributed by atoms with van der Waals surface area (Å²) in [5, 5.41) is 4.32. The topological polar surface area (TPSA) is 34.0 Å². The molecule has 0 atom stereocenters. The lowest BCUT2D eigenvalue weighted by Gasteiger charge is -2.08. The van der Waals surface area contributed by atoms with Crippen LogP contribution in [0.5, 0.6) is 0 Å². The van der Waals surface area contributed by atoms with Gasteiger partial charge in [-0.1, -0.05) is 36.4 Å². The van der Waals surface area contributed by atoms with Crippen molar-refractivity contribution in [3.05, 3.63) is 70.9 Å². The quantitative estimate of drug-likeness (QED) is 0.782. The first-order valence-electron chi connectivity index (χ1n) is 7.96. The second kappa shape index (κ2) is 6.29. The summed E-state index contributed by atoms with van der Waals surface area (Å²) in [4.78, 5) is 12.3. The van der Waals surface area contributed by atoms with Crippen molar-refractivity contribution in [2.75, 3.05) is 6.54 Å². The first-order chi connectivity index (χ1) is 11.1. The first-order valence-corrected chi connectivity index (χ1v) is 7.96. The van der Waals surface area contributed by atoms with E-state index in [1.54, 1.807) is 0 Å². The maximum atomic E-state index is 12.3. The molecule has 0 saturated heterocycles. The van der Waals surface area contributed by atoms with Gasteiger partial charge in [0.1, 0.15) is 0 Å². The highest BCUT2D eigenvalue weighted by molar-refractivity contribution is 5.95. The summed E-state index contributed by atoms with van der Waals surface area (Å²) in [5.74, 6) is 0.000916. The van der Waals surface area contributed by atoms with Gasteiger partial charge in [-0.25, -0.2) is 0 Å².